The zero-order valence-electron chi connectivity index (χ0n) is 16.0. The number of nitrogens with zero attached hydrogens (tertiary/aromatic N) is 3. The van der Waals surface area contributed by atoms with Gasteiger partial charge in [-0.2, -0.15) is 0 Å². The summed E-state index contributed by atoms with van der Waals surface area (Å²) in [4.78, 5) is 11.2. The van der Waals surface area contributed by atoms with Crippen LogP contribution in [0.5, 0.6) is 5.75 Å². The topological polar surface area (TPSA) is 72.8 Å². The van der Waals surface area contributed by atoms with Crippen LogP contribution in [0.25, 0.3) is 0 Å². The third-order valence-corrected chi connectivity index (χ3v) is 4.73. The maximum Gasteiger partial charge on any atom is 0.191 e. The lowest BCUT2D eigenvalue weighted by Gasteiger charge is -2.11. The Hall–Kier alpha value is -1.55. The number of aromatic nitrogens is 1. The van der Waals surface area contributed by atoms with E-state index in [0.29, 0.717) is 18.8 Å². The van der Waals surface area contributed by atoms with Gasteiger partial charge in [-0.3, -0.25) is 0 Å². The number of guanidine groups is 1. The molecule has 0 aliphatic carbocycles. The molecule has 26 heavy (non-hydrogen) atoms. The zero-order valence-corrected chi connectivity index (χ0v) is 19.1. The van der Waals surface area contributed by atoms with Crippen LogP contribution in [0.4, 0.5) is 5.13 Å². The van der Waals surface area contributed by atoms with Crippen LogP contribution in [0.15, 0.2) is 22.5 Å². The molecule has 144 valence electrons. The van der Waals surface area contributed by atoms with E-state index in [1.807, 2.05) is 51.9 Å². The molecule has 1 heterocycles. The molecular weight excluding hydrogens is 461 g/mol. The van der Waals surface area contributed by atoms with Crippen molar-refractivity contribution in [3.05, 3.63) is 39.9 Å². The summed E-state index contributed by atoms with van der Waals surface area (Å²) in [6.07, 6.45) is 0. The molecule has 0 saturated carbocycles. The Kier molecular flexibility index (Phi) is 9.14. The lowest BCUT2D eigenvalue weighted by molar-refractivity contribution is 0.466. The fourth-order valence-electron chi connectivity index (χ4n) is 2.41. The fourth-order valence-corrected chi connectivity index (χ4v) is 3.16. The van der Waals surface area contributed by atoms with E-state index < -0.39 is 0 Å². The number of hydrogen-bond donors (Lipinski definition) is 3. The molecule has 0 fully saturated rings. The average Bonchev–Trinajstić information content (AvgIpc) is 3.04. The quantitative estimate of drug-likeness (QED) is 0.330. The molecule has 0 atom stereocenters. The first-order valence-electron chi connectivity index (χ1n) is 8.33. The number of rotatable bonds is 6. The predicted molar refractivity (Wildman–Crippen MR) is 121 cm³/mol. The fraction of sp³-hybridized carbons (Fsp3) is 0.444. The molecule has 1 aromatic carbocycles. The van der Waals surface area contributed by atoms with Gasteiger partial charge in [-0.05, 0) is 37.5 Å². The first-order chi connectivity index (χ1) is 11.9. The molecule has 0 unspecified atom stereocenters. The van der Waals surface area contributed by atoms with E-state index >= 15 is 0 Å². The number of nitrogens with one attached hydrogen (secondary N) is 2. The van der Waals surface area contributed by atoms with Crippen molar-refractivity contribution in [1.29, 1.82) is 0 Å². The molecule has 6 nitrogen and oxygen atoms in total. The van der Waals surface area contributed by atoms with Crippen LogP contribution in [0.2, 0.25) is 0 Å². The minimum Gasteiger partial charge on any atom is -0.507 e. The number of thiazole rings is 1. The molecule has 2 rings (SSSR count). The lowest BCUT2D eigenvalue weighted by Crippen LogP contribution is -2.36. The minimum absolute atomic E-state index is 0. The number of anilines is 1. The van der Waals surface area contributed by atoms with Gasteiger partial charge in [0.25, 0.3) is 0 Å². The standard InChI is InChI=1S/C18H27N5OS.HI/c1-6-19-17(21-10-15-11-25-18(22-15)23(4)5)20-9-14-7-12(2)16(24)13(3)8-14;/h7-8,11,24H,6,9-10H2,1-5H3,(H2,19,20,21);1H. The molecule has 0 radical (unpaired) electrons. The molecule has 0 aliphatic heterocycles. The van der Waals surface area contributed by atoms with E-state index in [1.54, 1.807) is 11.3 Å². The number of aromatic hydroxyl groups is 1. The minimum atomic E-state index is 0. The van der Waals surface area contributed by atoms with Crippen molar-refractivity contribution in [3.8, 4) is 5.75 Å². The average molecular weight is 489 g/mol. The summed E-state index contributed by atoms with van der Waals surface area (Å²) in [5.74, 6) is 1.11. The van der Waals surface area contributed by atoms with E-state index in [2.05, 4.69) is 26.0 Å². The summed E-state index contributed by atoms with van der Waals surface area (Å²) in [5, 5.41) is 19.5. The summed E-state index contributed by atoms with van der Waals surface area (Å²) in [7, 11) is 3.98. The second-order valence-corrected chi connectivity index (χ2v) is 6.98. The second kappa shape index (κ2) is 10.6. The van der Waals surface area contributed by atoms with Crippen LogP contribution in [-0.4, -0.2) is 36.7 Å². The van der Waals surface area contributed by atoms with Gasteiger partial charge in [0.1, 0.15) is 5.75 Å². The Morgan fingerprint density at radius 1 is 1.23 bits per heavy atom. The molecule has 0 saturated heterocycles. The van der Waals surface area contributed by atoms with Crippen molar-refractivity contribution in [1.82, 2.24) is 15.6 Å². The molecule has 0 amide bonds. The lowest BCUT2D eigenvalue weighted by atomic mass is 10.1. The van der Waals surface area contributed by atoms with E-state index in [4.69, 9.17) is 0 Å². The molecule has 8 heteroatoms. The number of aliphatic imine (C=N–C) groups is 1. The van der Waals surface area contributed by atoms with Crippen LogP contribution in [0, 0.1) is 13.8 Å². The highest BCUT2D eigenvalue weighted by atomic mass is 127. The number of halogens is 1. The molecular formula is C18H28IN5OS. The van der Waals surface area contributed by atoms with Crippen molar-refractivity contribution >= 4 is 46.4 Å². The maximum absolute atomic E-state index is 9.87. The Bertz CT molecular complexity index is 722. The van der Waals surface area contributed by atoms with Crippen molar-refractivity contribution in [2.75, 3.05) is 25.5 Å². The monoisotopic (exact) mass is 489 g/mol. The van der Waals surface area contributed by atoms with Crippen LogP contribution >= 0.6 is 35.3 Å². The van der Waals surface area contributed by atoms with Crippen LogP contribution in [0.3, 0.4) is 0 Å². The first-order valence-corrected chi connectivity index (χ1v) is 9.21. The van der Waals surface area contributed by atoms with Gasteiger partial charge in [0, 0.05) is 26.0 Å². The summed E-state index contributed by atoms with van der Waals surface area (Å²) in [6.45, 7) is 7.83. The molecule has 0 bridgehead atoms. The summed E-state index contributed by atoms with van der Waals surface area (Å²) in [6, 6.07) is 3.94. The Morgan fingerprint density at radius 2 is 1.88 bits per heavy atom. The number of phenols is 1. The predicted octanol–water partition coefficient (Wildman–Crippen LogP) is 3.40. The smallest absolute Gasteiger partial charge is 0.191 e. The molecule has 2 aromatic rings. The van der Waals surface area contributed by atoms with E-state index in [-0.39, 0.29) is 24.0 Å². The Morgan fingerprint density at radius 3 is 2.42 bits per heavy atom. The first kappa shape index (κ1) is 22.5. The van der Waals surface area contributed by atoms with Crippen molar-refractivity contribution in [3.63, 3.8) is 0 Å². The van der Waals surface area contributed by atoms with Gasteiger partial charge < -0.3 is 20.6 Å². The van der Waals surface area contributed by atoms with Crippen LogP contribution in [-0.2, 0) is 13.1 Å². The molecule has 3 N–H and O–H groups in total. The number of aryl methyl sites for hydroxylation is 2. The largest absolute Gasteiger partial charge is 0.507 e. The van der Waals surface area contributed by atoms with Crippen molar-refractivity contribution < 1.29 is 5.11 Å². The van der Waals surface area contributed by atoms with Gasteiger partial charge in [-0.15, -0.1) is 35.3 Å². The molecule has 0 aliphatic rings. The van der Waals surface area contributed by atoms with Gasteiger partial charge in [0.15, 0.2) is 11.1 Å². The van der Waals surface area contributed by atoms with E-state index in [1.165, 1.54) is 0 Å². The number of phenolic OH excluding ortho intramolecular Hbond substituents is 1. The summed E-state index contributed by atoms with van der Waals surface area (Å²) < 4.78 is 0. The normalized spacial score (nSPS) is 11.0. The van der Waals surface area contributed by atoms with Crippen molar-refractivity contribution in [2.24, 2.45) is 4.99 Å². The summed E-state index contributed by atoms with van der Waals surface area (Å²) >= 11 is 1.63. The maximum atomic E-state index is 9.87. The van der Waals surface area contributed by atoms with Gasteiger partial charge in [-0.25, -0.2) is 9.98 Å². The molecule has 1 aromatic heterocycles. The van der Waals surface area contributed by atoms with Gasteiger partial charge in [0.05, 0.1) is 18.8 Å². The van der Waals surface area contributed by atoms with Gasteiger partial charge in [-0.1, -0.05) is 12.1 Å². The summed E-state index contributed by atoms with van der Waals surface area (Å²) in [5.41, 5.74) is 3.83. The highest BCUT2D eigenvalue weighted by molar-refractivity contribution is 14.0. The second-order valence-electron chi connectivity index (χ2n) is 6.14. The third-order valence-electron chi connectivity index (χ3n) is 3.67. The van der Waals surface area contributed by atoms with E-state index in [0.717, 1.165) is 40.0 Å². The van der Waals surface area contributed by atoms with Crippen LogP contribution < -0.4 is 15.5 Å². The van der Waals surface area contributed by atoms with Gasteiger partial charge >= 0.3 is 0 Å². The van der Waals surface area contributed by atoms with Gasteiger partial charge in [0.2, 0.25) is 0 Å². The number of hydrogen-bond acceptors (Lipinski definition) is 5. The van der Waals surface area contributed by atoms with E-state index in [9.17, 15) is 5.11 Å². The highest BCUT2D eigenvalue weighted by Crippen LogP contribution is 2.23. The Balaban J connectivity index is 0.00000338. The zero-order chi connectivity index (χ0) is 18.4. The molecule has 0 spiro atoms. The number of benzene rings is 1. The third kappa shape index (κ3) is 6.31. The van der Waals surface area contributed by atoms with Crippen molar-refractivity contribution in [2.45, 2.75) is 33.9 Å². The highest BCUT2D eigenvalue weighted by Gasteiger charge is 2.06. The van der Waals surface area contributed by atoms with Crippen LogP contribution in [0.1, 0.15) is 29.3 Å². The Labute approximate surface area is 176 Å². The SMILES string of the molecule is CCNC(=NCc1cc(C)c(O)c(C)c1)NCc1csc(N(C)C)n1.I.